The van der Waals surface area contributed by atoms with Gasteiger partial charge in [-0.2, -0.15) is 0 Å². The number of nitrogens with zero attached hydrogens (tertiary/aromatic N) is 2. The third-order valence-electron chi connectivity index (χ3n) is 5.36. The minimum Gasteiger partial charge on any atom is -0.342 e. The molecule has 2 fully saturated rings. The second-order valence-electron chi connectivity index (χ2n) is 6.66. The molecule has 0 N–H and O–H groups in total. The van der Waals surface area contributed by atoms with Gasteiger partial charge in [0.25, 0.3) is 0 Å². The maximum absolute atomic E-state index is 12.7. The van der Waals surface area contributed by atoms with Crippen molar-refractivity contribution in [2.45, 2.75) is 77.3 Å². The van der Waals surface area contributed by atoms with E-state index in [2.05, 4.69) is 13.8 Å². The Labute approximate surface area is 128 Å². The average molecular weight is 294 g/mol. The fourth-order valence-electron chi connectivity index (χ4n) is 3.92. The van der Waals surface area contributed by atoms with Crippen molar-refractivity contribution in [2.24, 2.45) is 5.92 Å². The van der Waals surface area contributed by atoms with Gasteiger partial charge in [-0.15, -0.1) is 0 Å². The van der Waals surface area contributed by atoms with Crippen molar-refractivity contribution < 1.29 is 9.59 Å². The van der Waals surface area contributed by atoms with E-state index in [0.29, 0.717) is 25.0 Å². The quantitative estimate of drug-likeness (QED) is 0.782. The first-order valence-corrected chi connectivity index (χ1v) is 8.64. The second-order valence-corrected chi connectivity index (χ2v) is 6.66. The summed E-state index contributed by atoms with van der Waals surface area (Å²) >= 11 is 0. The van der Waals surface area contributed by atoms with E-state index in [0.717, 1.165) is 25.7 Å². The van der Waals surface area contributed by atoms with E-state index in [1.54, 1.807) is 0 Å². The van der Waals surface area contributed by atoms with Crippen molar-refractivity contribution in [3.8, 4) is 0 Å². The van der Waals surface area contributed by atoms with E-state index >= 15 is 0 Å². The molecule has 1 saturated heterocycles. The van der Waals surface area contributed by atoms with Crippen molar-refractivity contribution in [2.75, 3.05) is 13.6 Å². The van der Waals surface area contributed by atoms with Crippen molar-refractivity contribution in [1.82, 2.24) is 9.80 Å². The van der Waals surface area contributed by atoms with E-state index in [-0.39, 0.29) is 17.7 Å². The molecule has 120 valence electrons. The molecule has 0 aromatic rings. The van der Waals surface area contributed by atoms with Crippen LogP contribution in [0, 0.1) is 5.92 Å². The van der Waals surface area contributed by atoms with Crippen LogP contribution in [0.1, 0.15) is 65.2 Å². The summed E-state index contributed by atoms with van der Waals surface area (Å²) in [6, 6.07) is 0.693. The number of likely N-dealkylation sites (tertiary alicyclic amines) is 1. The first kappa shape index (κ1) is 16.3. The number of carbonyl (C=O) groups is 2. The minimum absolute atomic E-state index is 0.120. The fourth-order valence-corrected chi connectivity index (χ4v) is 3.92. The van der Waals surface area contributed by atoms with Crippen molar-refractivity contribution in [3.05, 3.63) is 0 Å². The van der Waals surface area contributed by atoms with Gasteiger partial charge >= 0.3 is 0 Å². The molecule has 2 rings (SSSR count). The largest absolute Gasteiger partial charge is 0.342 e. The van der Waals surface area contributed by atoms with E-state index < -0.39 is 0 Å². The smallest absolute Gasteiger partial charge is 0.227 e. The first-order chi connectivity index (χ1) is 10.1. The lowest BCUT2D eigenvalue weighted by molar-refractivity contribution is -0.137. The molecule has 1 heterocycles. The molecule has 2 amide bonds. The van der Waals surface area contributed by atoms with Gasteiger partial charge in [0, 0.05) is 32.1 Å². The van der Waals surface area contributed by atoms with Gasteiger partial charge in [-0.1, -0.05) is 33.1 Å². The highest BCUT2D eigenvalue weighted by atomic mass is 16.2. The molecule has 1 unspecified atom stereocenters. The summed E-state index contributed by atoms with van der Waals surface area (Å²) in [7, 11) is 1.93. The Morgan fingerprint density at radius 3 is 2.43 bits per heavy atom. The van der Waals surface area contributed by atoms with Crippen LogP contribution in [0.25, 0.3) is 0 Å². The highest BCUT2D eigenvalue weighted by Crippen LogP contribution is 2.27. The van der Waals surface area contributed by atoms with Gasteiger partial charge < -0.3 is 9.80 Å². The highest BCUT2D eigenvalue weighted by molar-refractivity contribution is 5.89. The lowest BCUT2D eigenvalue weighted by atomic mass is 9.93. The zero-order chi connectivity index (χ0) is 15.4. The van der Waals surface area contributed by atoms with E-state index in [9.17, 15) is 9.59 Å². The summed E-state index contributed by atoms with van der Waals surface area (Å²) < 4.78 is 0. The topological polar surface area (TPSA) is 40.6 Å². The summed E-state index contributed by atoms with van der Waals surface area (Å²) in [5, 5.41) is 0. The molecule has 1 atom stereocenters. The van der Waals surface area contributed by atoms with Crippen LogP contribution in [0.4, 0.5) is 0 Å². The number of carbonyl (C=O) groups excluding carboxylic acids is 2. The van der Waals surface area contributed by atoms with Gasteiger partial charge in [-0.25, -0.2) is 0 Å². The molecule has 0 aromatic heterocycles. The normalized spacial score (nSPS) is 23.9. The molecule has 0 radical (unpaired) electrons. The number of amides is 2. The Balaban J connectivity index is 1.95. The summed E-state index contributed by atoms with van der Waals surface area (Å²) in [5.74, 6) is 0.229. The predicted octanol–water partition coefficient (Wildman–Crippen LogP) is 2.81. The standard InChI is InChI=1S/C17H30N2O2/c1-4-14(5-2)19-12-13(11-16(19)20)17(21)18(3)15-9-7-6-8-10-15/h13-15H,4-12H2,1-3H3. The molecule has 4 heteroatoms. The predicted molar refractivity (Wildman–Crippen MR) is 83.8 cm³/mol. The van der Waals surface area contributed by atoms with Gasteiger partial charge in [0.1, 0.15) is 0 Å². The molecule has 0 bridgehead atoms. The van der Waals surface area contributed by atoms with Crippen LogP contribution < -0.4 is 0 Å². The second kappa shape index (κ2) is 7.28. The van der Waals surface area contributed by atoms with Crippen LogP contribution in [-0.2, 0) is 9.59 Å². The van der Waals surface area contributed by atoms with Crippen molar-refractivity contribution >= 4 is 11.8 Å². The molecule has 2 aliphatic rings. The molecule has 0 aromatic carbocycles. The molecule has 21 heavy (non-hydrogen) atoms. The molecule has 0 spiro atoms. The lowest BCUT2D eigenvalue weighted by Gasteiger charge is -2.33. The highest BCUT2D eigenvalue weighted by Gasteiger charge is 2.39. The van der Waals surface area contributed by atoms with Gasteiger partial charge in [0.05, 0.1) is 5.92 Å². The molecular weight excluding hydrogens is 264 g/mol. The van der Waals surface area contributed by atoms with Gasteiger partial charge in [0.2, 0.25) is 11.8 Å². The van der Waals surface area contributed by atoms with E-state index in [1.807, 2.05) is 16.8 Å². The van der Waals surface area contributed by atoms with E-state index in [4.69, 9.17) is 0 Å². The SMILES string of the molecule is CCC(CC)N1CC(C(=O)N(C)C2CCCCC2)CC1=O. The maximum atomic E-state index is 12.7. The lowest BCUT2D eigenvalue weighted by Crippen LogP contribution is -2.43. The number of hydrogen-bond donors (Lipinski definition) is 0. The summed E-state index contributed by atoms with van der Waals surface area (Å²) in [5.41, 5.74) is 0. The van der Waals surface area contributed by atoms with Gasteiger partial charge in [-0.05, 0) is 25.7 Å². The Bertz CT molecular complexity index is 373. The van der Waals surface area contributed by atoms with Crippen LogP contribution in [0.2, 0.25) is 0 Å². The Hall–Kier alpha value is -1.06. The first-order valence-electron chi connectivity index (χ1n) is 8.64. The number of hydrogen-bond acceptors (Lipinski definition) is 2. The summed E-state index contributed by atoms with van der Waals surface area (Å²) in [6.45, 7) is 4.86. The molecule has 1 saturated carbocycles. The van der Waals surface area contributed by atoms with Gasteiger partial charge in [0.15, 0.2) is 0 Å². The van der Waals surface area contributed by atoms with Crippen molar-refractivity contribution in [3.63, 3.8) is 0 Å². The van der Waals surface area contributed by atoms with Crippen molar-refractivity contribution in [1.29, 1.82) is 0 Å². The van der Waals surface area contributed by atoms with E-state index in [1.165, 1.54) is 19.3 Å². The van der Waals surface area contributed by atoms with Gasteiger partial charge in [-0.3, -0.25) is 9.59 Å². The Morgan fingerprint density at radius 2 is 1.86 bits per heavy atom. The average Bonchev–Trinajstić information content (AvgIpc) is 2.90. The number of rotatable bonds is 5. The van der Waals surface area contributed by atoms with Crippen LogP contribution in [0.3, 0.4) is 0 Å². The minimum atomic E-state index is -0.120. The summed E-state index contributed by atoms with van der Waals surface area (Å²) in [6.07, 6.45) is 8.36. The van der Waals surface area contributed by atoms with Crippen LogP contribution in [0.15, 0.2) is 0 Å². The third kappa shape index (κ3) is 3.58. The third-order valence-corrected chi connectivity index (χ3v) is 5.36. The molecule has 1 aliphatic carbocycles. The molecule has 1 aliphatic heterocycles. The maximum Gasteiger partial charge on any atom is 0.227 e. The molecule has 4 nitrogen and oxygen atoms in total. The summed E-state index contributed by atoms with van der Waals surface area (Å²) in [4.78, 5) is 28.8. The zero-order valence-electron chi connectivity index (χ0n) is 13.8. The Kier molecular flexibility index (Phi) is 5.65. The van der Waals surface area contributed by atoms with Crippen LogP contribution in [0.5, 0.6) is 0 Å². The fraction of sp³-hybridized carbons (Fsp3) is 0.882. The zero-order valence-corrected chi connectivity index (χ0v) is 13.8. The monoisotopic (exact) mass is 294 g/mol. The Morgan fingerprint density at radius 1 is 1.24 bits per heavy atom. The van der Waals surface area contributed by atoms with Crippen LogP contribution in [-0.4, -0.2) is 47.3 Å². The molecular formula is C17H30N2O2. The van der Waals surface area contributed by atoms with Crippen LogP contribution >= 0.6 is 0 Å².